The first-order valence-electron chi connectivity index (χ1n) is 11.1. The van der Waals surface area contributed by atoms with Crippen molar-refractivity contribution >= 4 is 32.5 Å². The highest BCUT2D eigenvalue weighted by molar-refractivity contribution is 7.90. The second-order valence-corrected chi connectivity index (χ2v) is 10.8. The van der Waals surface area contributed by atoms with Gasteiger partial charge >= 0.3 is 0 Å². The van der Waals surface area contributed by atoms with E-state index in [-0.39, 0.29) is 10.8 Å². The Morgan fingerprint density at radius 1 is 1.06 bits per heavy atom. The molecule has 0 saturated carbocycles. The molecule has 0 atom stereocenters. The fraction of sp³-hybridized carbons (Fsp3) is 0.231. The summed E-state index contributed by atoms with van der Waals surface area (Å²) in [5.41, 5.74) is 11.9. The summed E-state index contributed by atoms with van der Waals surface area (Å²) in [5.74, 6) is 0.207. The van der Waals surface area contributed by atoms with Crippen LogP contribution < -0.4 is 11.1 Å². The predicted octanol–water partition coefficient (Wildman–Crippen LogP) is 3.46. The summed E-state index contributed by atoms with van der Waals surface area (Å²) in [4.78, 5) is 26.3. The summed E-state index contributed by atoms with van der Waals surface area (Å²) < 4.78 is 24.5. The van der Waals surface area contributed by atoms with Crippen LogP contribution in [0.3, 0.4) is 0 Å². The number of fused-ring (bicyclic) bond motifs is 1. The Morgan fingerprint density at radius 3 is 2.54 bits per heavy atom. The number of carbonyl (C=O) groups excluding carboxylic acids is 1. The lowest BCUT2D eigenvalue weighted by molar-refractivity contribution is 0.0950. The van der Waals surface area contributed by atoms with Crippen molar-refractivity contribution in [1.29, 1.82) is 0 Å². The van der Waals surface area contributed by atoms with Gasteiger partial charge in [0.25, 0.3) is 5.91 Å². The third-order valence-corrected chi connectivity index (χ3v) is 6.94. The lowest BCUT2D eigenvalue weighted by Gasteiger charge is -2.12. The Kier molecular flexibility index (Phi) is 6.53. The van der Waals surface area contributed by atoms with E-state index in [2.05, 4.69) is 20.3 Å². The van der Waals surface area contributed by atoms with Gasteiger partial charge < -0.3 is 11.1 Å². The molecule has 4 rings (SSSR count). The van der Waals surface area contributed by atoms with Gasteiger partial charge in [-0.25, -0.2) is 13.4 Å². The Hall–Kier alpha value is -3.85. The molecule has 180 valence electrons. The number of amides is 1. The van der Waals surface area contributed by atoms with Crippen LogP contribution in [0.1, 0.15) is 44.0 Å². The van der Waals surface area contributed by atoms with Gasteiger partial charge in [-0.05, 0) is 79.4 Å². The van der Waals surface area contributed by atoms with Crippen LogP contribution in [0, 0.1) is 20.8 Å². The highest BCUT2D eigenvalue weighted by Crippen LogP contribution is 2.25. The van der Waals surface area contributed by atoms with Crippen molar-refractivity contribution in [2.75, 3.05) is 12.0 Å². The number of pyridine rings is 3. The van der Waals surface area contributed by atoms with Crippen molar-refractivity contribution in [2.24, 2.45) is 0 Å². The summed E-state index contributed by atoms with van der Waals surface area (Å²) in [6, 6.07) is 10.3. The van der Waals surface area contributed by atoms with E-state index in [1.807, 2.05) is 26.8 Å². The fourth-order valence-corrected chi connectivity index (χ4v) is 4.79. The van der Waals surface area contributed by atoms with Crippen LogP contribution in [-0.4, -0.2) is 35.5 Å². The number of nitrogens with one attached hydrogen (secondary N) is 1. The first-order valence-corrected chi connectivity index (χ1v) is 13.0. The van der Waals surface area contributed by atoms with Crippen LogP contribution in [0.25, 0.3) is 10.9 Å². The Balaban J connectivity index is 1.61. The van der Waals surface area contributed by atoms with Gasteiger partial charge in [0, 0.05) is 54.0 Å². The van der Waals surface area contributed by atoms with Gasteiger partial charge in [-0.3, -0.25) is 14.8 Å². The smallest absolute Gasteiger partial charge is 0.251 e. The third kappa shape index (κ3) is 5.46. The molecule has 1 aromatic carbocycles. The van der Waals surface area contributed by atoms with Crippen LogP contribution in [0.5, 0.6) is 0 Å². The summed E-state index contributed by atoms with van der Waals surface area (Å²) in [5, 5.41) is 3.68. The molecule has 0 saturated heterocycles. The minimum atomic E-state index is -3.41. The molecule has 0 aliphatic carbocycles. The molecule has 0 radical (unpaired) electrons. The minimum Gasteiger partial charge on any atom is -0.384 e. The molecule has 4 aromatic rings. The molecule has 0 bridgehead atoms. The van der Waals surface area contributed by atoms with E-state index in [0.717, 1.165) is 33.3 Å². The predicted molar refractivity (Wildman–Crippen MR) is 136 cm³/mol. The highest BCUT2D eigenvalue weighted by atomic mass is 32.2. The number of benzene rings is 1. The summed E-state index contributed by atoms with van der Waals surface area (Å²) in [6.45, 7) is 6.03. The molecule has 0 aliphatic rings. The van der Waals surface area contributed by atoms with E-state index in [4.69, 9.17) is 5.73 Å². The number of sulfone groups is 1. The van der Waals surface area contributed by atoms with E-state index >= 15 is 0 Å². The van der Waals surface area contributed by atoms with Crippen LogP contribution in [-0.2, 0) is 22.8 Å². The number of carbonyl (C=O) groups is 1. The standard InChI is InChI=1S/C26H27N5O3S/c1-15-7-19-11-22(35(4,33)34)12-20(25(19)29-13-15)10-21-9-18(5-6-28-21)26(32)30-14-23-16(2)8-24(27)31-17(23)3/h5-9,11-13H,10,14H2,1-4H3,(H2,27,31)(H,30,32). The topological polar surface area (TPSA) is 128 Å². The number of nitrogen functional groups attached to an aromatic ring is 1. The highest BCUT2D eigenvalue weighted by Gasteiger charge is 2.15. The number of rotatable bonds is 6. The zero-order chi connectivity index (χ0) is 25.3. The third-order valence-electron chi connectivity index (χ3n) is 5.85. The minimum absolute atomic E-state index is 0.226. The SMILES string of the molecule is Cc1cnc2c(Cc3cc(C(=O)NCc4c(C)cc(N)nc4C)ccn3)cc(S(C)(=O)=O)cc2c1. The lowest BCUT2D eigenvalue weighted by Crippen LogP contribution is -2.24. The number of aromatic nitrogens is 3. The lowest BCUT2D eigenvalue weighted by atomic mass is 10.0. The molecule has 1 amide bonds. The maximum atomic E-state index is 12.9. The van der Waals surface area contributed by atoms with E-state index < -0.39 is 9.84 Å². The maximum absolute atomic E-state index is 12.9. The number of nitrogens with zero attached hydrogens (tertiary/aromatic N) is 3. The maximum Gasteiger partial charge on any atom is 0.251 e. The van der Waals surface area contributed by atoms with E-state index in [1.165, 1.54) is 6.26 Å². The van der Waals surface area contributed by atoms with Crippen molar-refractivity contribution in [3.05, 3.63) is 88.0 Å². The number of nitrogens with two attached hydrogens (primary N) is 1. The molecule has 3 aromatic heterocycles. The molecule has 0 spiro atoms. The summed E-state index contributed by atoms with van der Waals surface area (Å²) in [6.07, 6.45) is 4.84. The van der Waals surface area contributed by atoms with Gasteiger partial charge in [0.2, 0.25) is 0 Å². The Bertz CT molecular complexity index is 1540. The van der Waals surface area contributed by atoms with Gasteiger partial charge in [0.15, 0.2) is 9.84 Å². The molecule has 0 aliphatic heterocycles. The van der Waals surface area contributed by atoms with Gasteiger partial charge in [0.1, 0.15) is 5.82 Å². The number of hydrogen-bond donors (Lipinski definition) is 2. The zero-order valence-electron chi connectivity index (χ0n) is 20.1. The van der Waals surface area contributed by atoms with Crippen LogP contribution in [0.15, 0.2) is 53.7 Å². The van der Waals surface area contributed by atoms with Gasteiger partial charge in [-0.1, -0.05) is 0 Å². The number of anilines is 1. The number of aryl methyl sites for hydroxylation is 3. The average Bonchev–Trinajstić information content (AvgIpc) is 2.77. The van der Waals surface area contributed by atoms with Crippen molar-refractivity contribution in [3.8, 4) is 0 Å². The van der Waals surface area contributed by atoms with Crippen molar-refractivity contribution in [1.82, 2.24) is 20.3 Å². The molecule has 8 nitrogen and oxygen atoms in total. The van der Waals surface area contributed by atoms with E-state index in [0.29, 0.717) is 35.6 Å². The van der Waals surface area contributed by atoms with Crippen LogP contribution in [0.4, 0.5) is 5.82 Å². The van der Waals surface area contributed by atoms with Gasteiger partial charge in [-0.2, -0.15) is 0 Å². The summed E-state index contributed by atoms with van der Waals surface area (Å²) >= 11 is 0. The zero-order valence-corrected chi connectivity index (χ0v) is 20.9. The van der Waals surface area contributed by atoms with Crippen molar-refractivity contribution in [2.45, 2.75) is 38.6 Å². The fourth-order valence-electron chi connectivity index (χ4n) is 4.09. The molecular formula is C26H27N5O3S. The van der Waals surface area contributed by atoms with Crippen molar-refractivity contribution < 1.29 is 13.2 Å². The second-order valence-electron chi connectivity index (χ2n) is 8.76. The normalized spacial score (nSPS) is 11.5. The summed E-state index contributed by atoms with van der Waals surface area (Å²) in [7, 11) is -3.41. The van der Waals surface area contributed by atoms with E-state index in [1.54, 1.807) is 42.7 Å². The molecule has 0 fully saturated rings. The molecular weight excluding hydrogens is 462 g/mol. The van der Waals surface area contributed by atoms with Gasteiger partial charge in [0.05, 0.1) is 10.4 Å². The van der Waals surface area contributed by atoms with Gasteiger partial charge in [-0.15, -0.1) is 0 Å². The second kappa shape index (κ2) is 9.42. The molecule has 9 heteroatoms. The Morgan fingerprint density at radius 2 is 1.83 bits per heavy atom. The number of hydrogen-bond acceptors (Lipinski definition) is 7. The quantitative estimate of drug-likeness (QED) is 0.424. The van der Waals surface area contributed by atoms with E-state index in [9.17, 15) is 13.2 Å². The monoisotopic (exact) mass is 489 g/mol. The molecule has 0 unspecified atom stereocenters. The Labute approximate surface area is 204 Å². The van der Waals surface area contributed by atoms with Crippen molar-refractivity contribution in [3.63, 3.8) is 0 Å². The van der Waals surface area contributed by atoms with Crippen LogP contribution >= 0.6 is 0 Å². The first kappa shape index (κ1) is 24.3. The first-order chi connectivity index (χ1) is 16.5. The molecule has 3 heterocycles. The van der Waals surface area contributed by atoms with Crippen LogP contribution in [0.2, 0.25) is 0 Å². The molecule has 35 heavy (non-hydrogen) atoms. The molecule has 3 N–H and O–H groups in total. The largest absolute Gasteiger partial charge is 0.384 e. The average molecular weight is 490 g/mol.